The van der Waals surface area contributed by atoms with Crippen LogP contribution in [0.25, 0.3) is 0 Å². The van der Waals surface area contributed by atoms with E-state index >= 15 is 0 Å². The number of carbonyl (C=O) groups is 1. The van der Waals surface area contributed by atoms with E-state index in [9.17, 15) is 10.1 Å². The summed E-state index contributed by atoms with van der Waals surface area (Å²) < 4.78 is 0. The van der Waals surface area contributed by atoms with Crippen LogP contribution in [0.5, 0.6) is 0 Å². The smallest absolute Gasteiger partial charge is 0.250 e. The summed E-state index contributed by atoms with van der Waals surface area (Å²) in [4.78, 5) is 17.4. The first-order chi connectivity index (χ1) is 12.5. The average Bonchev–Trinajstić information content (AvgIpc) is 3.10. The highest BCUT2D eigenvalue weighted by atomic mass is 16.2. The van der Waals surface area contributed by atoms with Gasteiger partial charge >= 0.3 is 0 Å². The van der Waals surface area contributed by atoms with Gasteiger partial charge in [0.05, 0.1) is 29.6 Å². The zero-order valence-electron chi connectivity index (χ0n) is 15.5. The predicted molar refractivity (Wildman–Crippen MR) is 103 cm³/mol. The number of nitrogens with zero attached hydrogens (tertiary/aromatic N) is 3. The molecule has 1 saturated heterocycles. The molecule has 132 valence electrons. The first-order valence-corrected chi connectivity index (χ1v) is 9.18. The van der Waals surface area contributed by atoms with Gasteiger partial charge in [0.1, 0.15) is 6.04 Å². The van der Waals surface area contributed by atoms with Gasteiger partial charge in [0, 0.05) is 6.54 Å². The Labute approximate surface area is 154 Å². The summed E-state index contributed by atoms with van der Waals surface area (Å²) in [6, 6.07) is 12.2. The highest BCUT2D eigenvalue weighted by Crippen LogP contribution is 2.41. The second kappa shape index (κ2) is 6.17. The van der Waals surface area contributed by atoms with Crippen LogP contribution in [0.3, 0.4) is 0 Å². The van der Waals surface area contributed by atoms with E-state index in [-0.39, 0.29) is 11.9 Å². The first-order valence-electron chi connectivity index (χ1n) is 9.18. The molecule has 0 aromatic heterocycles. The molecule has 0 spiro atoms. The van der Waals surface area contributed by atoms with Crippen LogP contribution < -0.4 is 9.80 Å². The largest absolute Gasteiger partial charge is 0.358 e. The third-order valence-electron chi connectivity index (χ3n) is 5.67. The van der Waals surface area contributed by atoms with Gasteiger partial charge in [-0.05, 0) is 68.5 Å². The molecule has 2 aliphatic heterocycles. The van der Waals surface area contributed by atoms with Crippen molar-refractivity contribution in [1.82, 2.24) is 0 Å². The molecule has 26 heavy (non-hydrogen) atoms. The maximum atomic E-state index is 13.3. The molecular weight excluding hydrogens is 322 g/mol. The number of benzene rings is 2. The van der Waals surface area contributed by atoms with Crippen molar-refractivity contribution in [2.24, 2.45) is 0 Å². The van der Waals surface area contributed by atoms with Crippen LogP contribution >= 0.6 is 0 Å². The monoisotopic (exact) mass is 345 g/mol. The molecule has 1 fully saturated rings. The summed E-state index contributed by atoms with van der Waals surface area (Å²) in [6.07, 6.45) is 1.94. The van der Waals surface area contributed by atoms with Gasteiger partial charge in [0.2, 0.25) is 5.91 Å². The number of anilines is 2. The molecule has 4 nitrogen and oxygen atoms in total. The number of amides is 1. The number of fused-ring (bicyclic) bond motifs is 3. The van der Waals surface area contributed by atoms with Crippen LogP contribution in [-0.4, -0.2) is 18.5 Å². The van der Waals surface area contributed by atoms with Crippen molar-refractivity contribution in [3.05, 3.63) is 58.1 Å². The topological polar surface area (TPSA) is 47.3 Å². The lowest BCUT2D eigenvalue weighted by atomic mass is 9.97. The van der Waals surface area contributed by atoms with E-state index in [2.05, 4.69) is 43.9 Å². The maximum Gasteiger partial charge on any atom is 0.250 e. The van der Waals surface area contributed by atoms with Crippen molar-refractivity contribution >= 4 is 17.3 Å². The molecule has 0 bridgehead atoms. The molecule has 0 N–H and O–H groups in total. The highest BCUT2D eigenvalue weighted by molar-refractivity contribution is 6.06. The lowest BCUT2D eigenvalue weighted by Crippen LogP contribution is -2.50. The molecule has 0 radical (unpaired) electrons. The van der Waals surface area contributed by atoms with Crippen LogP contribution in [0.4, 0.5) is 11.4 Å². The minimum absolute atomic E-state index is 0.0681. The lowest BCUT2D eigenvalue weighted by Gasteiger charge is -2.40. The van der Waals surface area contributed by atoms with E-state index in [0.717, 1.165) is 30.8 Å². The van der Waals surface area contributed by atoms with Crippen molar-refractivity contribution in [3.63, 3.8) is 0 Å². The fourth-order valence-electron chi connectivity index (χ4n) is 4.44. The summed E-state index contributed by atoms with van der Waals surface area (Å²) in [6.45, 7) is 7.78. The zero-order valence-corrected chi connectivity index (χ0v) is 15.5. The molecule has 2 aliphatic rings. The van der Waals surface area contributed by atoms with Gasteiger partial charge in [-0.25, -0.2) is 0 Å². The van der Waals surface area contributed by atoms with E-state index in [4.69, 9.17) is 0 Å². The van der Waals surface area contributed by atoms with Crippen molar-refractivity contribution in [2.75, 3.05) is 16.3 Å². The SMILES string of the molecule is Cc1cc(C)c(CN2C(=O)C3CCCN3c3ccc(C#N)cc32)c(C)c1. The van der Waals surface area contributed by atoms with Crippen LogP contribution in [0.15, 0.2) is 30.3 Å². The number of aryl methyl sites for hydroxylation is 3. The Balaban J connectivity index is 1.82. The number of hydrogen-bond donors (Lipinski definition) is 0. The van der Waals surface area contributed by atoms with Crippen molar-refractivity contribution < 1.29 is 4.79 Å². The fraction of sp³-hybridized carbons (Fsp3) is 0.364. The number of rotatable bonds is 2. The summed E-state index contributed by atoms with van der Waals surface area (Å²) in [5.74, 6) is 0.157. The molecule has 1 unspecified atom stereocenters. The van der Waals surface area contributed by atoms with Gasteiger partial charge in [-0.3, -0.25) is 4.79 Å². The Bertz CT molecular complexity index is 918. The molecule has 1 atom stereocenters. The van der Waals surface area contributed by atoms with Gasteiger partial charge in [0.15, 0.2) is 0 Å². The Morgan fingerprint density at radius 1 is 1.12 bits per heavy atom. The first kappa shape index (κ1) is 16.7. The molecule has 0 saturated carbocycles. The second-order valence-corrected chi connectivity index (χ2v) is 7.47. The summed E-state index contributed by atoms with van der Waals surface area (Å²) in [5, 5.41) is 9.32. The Morgan fingerprint density at radius 3 is 2.54 bits per heavy atom. The minimum Gasteiger partial charge on any atom is -0.358 e. The van der Waals surface area contributed by atoms with Crippen molar-refractivity contribution in [1.29, 1.82) is 5.26 Å². The summed E-state index contributed by atoms with van der Waals surface area (Å²) in [7, 11) is 0. The van der Waals surface area contributed by atoms with E-state index in [1.165, 1.54) is 22.3 Å². The Hall–Kier alpha value is -2.80. The molecule has 0 aliphatic carbocycles. The molecule has 2 aromatic rings. The Kier molecular flexibility index (Phi) is 3.96. The lowest BCUT2D eigenvalue weighted by molar-refractivity contribution is -0.120. The van der Waals surface area contributed by atoms with Crippen molar-refractivity contribution in [2.45, 2.75) is 46.2 Å². The molecule has 2 heterocycles. The van der Waals surface area contributed by atoms with E-state index in [1.807, 2.05) is 23.1 Å². The van der Waals surface area contributed by atoms with E-state index in [1.54, 1.807) is 0 Å². The van der Waals surface area contributed by atoms with Crippen LogP contribution in [0, 0.1) is 32.1 Å². The number of carbonyl (C=O) groups excluding carboxylic acids is 1. The second-order valence-electron chi connectivity index (χ2n) is 7.47. The van der Waals surface area contributed by atoms with E-state index in [0.29, 0.717) is 12.1 Å². The third kappa shape index (κ3) is 2.55. The molecule has 1 amide bonds. The summed E-state index contributed by atoms with van der Waals surface area (Å²) >= 11 is 0. The maximum absolute atomic E-state index is 13.3. The molecule has 2 aromatic carbocycles. The fourth-order valence-corrected chi connectivity index (χ4v) is 4.44. The predicted octanol–water partition coefficient (Wildman–Crippen LogP) is 4.00. The highest BCUT2D eigenvalue weighted by Gasteiger charge is 2.41. The standard InChI is InChI=1S/C22H23N3O/c1-14-9-15(2)18(16(3)10-14)13-25-21-11-17(12-23)6-7-19(21)24-8-4-5-20(24)22(25)26/h6-7,9-11,20H,4-5,8,13H2,1-3H3. The molecule has 4 heteroatoms. The van der Waals surface area contributed by atoms with Gasteiger partial charge in [-0.2, -0.15) is 5.26 Å². The molecule has 4 rings (SSSR count). The number of hydrogen-bond acceptors (Lipinski definition) is 3. The van der Waals surface area contributed by atoms with Crippen molar-refractivity contribution in [3.8, 4) is 6.07 Å². The normalized spacial score (nSPS) is 18.5. The van der Waals surface area contributed by atoms with Gasteiger partial charge in [-0.1, -0.05) is 17.7 Å². The van der Waals surface area contributed by atoms with Gasteiger partial charge in [0.25, 0.3) is 0 Å². The van der Waals surface area contributed by atoms with Crippen LogP contribution in [0.1, 0.15) is 40.7 Å². The molecular formula is C22H23N3O. The average molecular weight is 345 g/mol. The van der Waals surface area contributed by atoms with Gasteiger partial charge in [-0.15, -0.1) is 0 Å². The number of nitriles is 1. The zero-order chi connectivity index (χ0) is 18.4. The van der Waals surface area contributed by atoms with Gasteiger partial charge < -0.3 is 9.80 Å². The summed E-state index contributed by atoms with van der Waals surface area (Å²) in [5.41, 5.74) is 7.40. The van der Waals surface area contributed by atoms with E-state index < -0.39 is 0 Å². The minimum atomic E-state index is -0.0681. The van der Waals surface area contributed by atoms with Crippen LogP contribution in [-0.2, 0) is 11.3 Å². The van der Waals surface area contributed by atoms with Crippen LogP contribution in [0.2, 0.25) is 0 Å². The Morgan fingerprint density at radius 2 is 1.85 bits per heavy atom. The third-order valence-corrected chi connectivity index (χ3v) is 5.67. The quantitative estimate of drug-likeness (QED) is 0.826.